The van der Waals surface area contributed by atoms with Gasteiger partial charge in [0, 0.05) is 60.4 Å². The first-order valence-electron chi connectivity index (χ1n) is 16.9. The number of nitrogens with zero attached hydrogens (tertiary/aromatic N) is 2. The van der Waals surface area contributed by atoms with Crippen molar-refractivity contribution < 1.29 is 4.42 Å². The molecular formula is C46H30N2OS. The third-order valence-electron chi connectivity index (χ3n) is 9.61. The van der Waals surface area contributed by atoms with E-state index in [4.69, 9.17) is 4.42 Å². The molecule has 4 heteroatoms. The molecule has 0 radical (unpaired) electrons. The Balaban J connectivity index is 1.23. The van der Waals surface area contributed by atoms with Crippen molar-refractivity contribution >= 4 is 98.3 Å². The second-order valence-electron chi connectivity index (χ2n) is 12.5. The average molecular weight is 659 g/mol. The molecule has 0 amide bonds. The third kappa shape index (κ3) is 4.57. The van der Waals surface area contributed by atoms with E-state index < -0.39 is 0 Å². The Kier molecular flexibility index (Phi) is 6.68. The molecule has 10 rings (SSSR count). The minimum absolute atomic E-state index is 0.862. The second-order valence-corrected chi connectivity index (χ2v) is 13.6. The van der Waals surface area contributed by atoms with Crippen LogP contribution in [0.5, 0.6) is 0 Å². The van der Waals surface area contributed by atoms with E-state index in [9.17, 15) is 0 Å². The molecule has 10 aromatic rings. The lowest BCUT2D eigenvalue weighted by molar-refractivity contribution is 0.669. The molecule has 0 saturated heterocycles. The highest BCUT2D eigenvalue weighted by Gasteiger charge is 2.23. The molecular weight excluding hydrogens is 629 g/mol. The number of rotatable bonds is 6. The number of anilines is 6. The first-order chi connectivity index (χ1) is 24.8. The van der Waals surface area contributed by atoms with Crippen LogP contribution in [-0.4, -0.2) is 0 Å². The van der Waals surface area contributed by atoms with Crippen molar-refractivity contribution in [2.75, 3.05) is 9.80 Å². The van der Waals surface area contributed by atoms with Gasteiger partial charge < -0.3 is 14.2 Å². The van der Waals surface area contributed by atoms with Crippen LogP contribution in [0.3, 0.4) is 0 Å². The molecule has 3 nitrogen and oxygen atoms in total. The Hall–Kier alpha value is -6.36. The quantitative estimate of drug-likeness (QED) is 0.177. The van der Waals surface area contributed by atoms with Crippen molar-refractivity contribution in [3.63, 3.8) is 0 Å². The first-order valence-corrected chi connectivity index (χ1v) is 17.7. The topological polar surface area (TPSA) is 19.6 Å². The fraction of sp³-hybridized carbons (Fsp3) is 0. The van der Waals surface area contributed by atoms with Gasteiger partial charge in [0.1, 0.15) is 11.2 Å². The van der Waals surface area contributed by atoms with E-state index in [-0.39, 0.29) is 0 Å². The molecule has 0 aliphatic heterocycles. The number of thiophene rings is 1. The molecule has 50 heavy (non-hydrogen) atoms. The Labute approximate surface area is 293 Å². The Morgan fingerprint density at radius 1 is 0.360 bits per heavy atom. The van der Waals surface area contributed by atoms with E-state index >= 15 is 0 Å². The van der Waals surface area contributed by atoms with Crippen LogP contribution in [0.15, 0.2) is 186 Å². The van der Waals surface area contributed by atoms with Crippen LogP contribution >= 0.6 is 11.3 Å². The van der Waals surface area contributed by atoms with E-state index in [2.05, 4.69) is 192 Å². The Bertz CT molecular complexity index is 2780. The molecule has 0 spiro atoms. The van der Waals surface area contributed by atoms with E-state index in [1.807, 2.05) is 11.3 Å². The summed E-state index contributed by atoms with van der Waals surface area (Å²) in [5.41, 5.74) is 8.35. The lowest BCUT2D eigenvalue weighted by Crippen LogP contribution is -2.10. The molecule has 8 aromatic carbocycles. The molecule has 0 atom stereocenters. The Morgan fingerprint density at radius 2 is 0.940 bits per heavy atom. The summed E-state index contributed by atoms with van der Waals surface area (Å²) in [4.78, 5) is 4.71. The number of benzene rings is 8. The zero-order valence-electron chi connectivity index (χ0n) is 27.0. The van der Waals surface area contributed by atoms with Gasteiger partial charge in [-0.3, -0.25) is 0 Å². The summed E-state index contributed by atoms with van der Waals surface area (Å²) in [7, 11) is 0. The van der Waals surface area contributed by atoms with Gasteiger partial charge in [-0.15, -0.1) is 11.3 Å². The van der Waals surface area contributed by atoms with Gasteiger partial charge in [0.15, 0.2) is 0 Å². The summed E-state index contributed by atoms with van der Waals surface area (Å²) in [6, 6.07) is 64.7. The lowest BCUT2D eigenvalue weighted by Gasteiger charge is -2.27. The van der Waals surface area contributed by atoms with E-state index in [1.54, 1.807) is 0 Å². The summed E-state index contributed by atoms with van der Waals surface area (Å²) in [5, 5.41) is 7.09. The van der Waals surface area contributed by atoms with Crippen LogP contribution in [0.25, 0.3) is 52.9 Å². The molecule has 0 unspecified atom stereocenters. The number of hydrogen-bond donors (Lipinski definition) is 0. The van der Waals surface area contributed by atoms with E-state index in [0.29, 0.717) is 0 Å². The van der Waals surface area contributed by atoms with Gasteiger partial charge in [-0.2, -0.15) is 0 Å². The number of hydrogen-bond acceptors (Lipinski definition) is 4. The van der Waals surface area contributed by atoms with Gasteiger partial charge in [-0.25, -0.2) is 0 Å². The minimum atomic E-state index is 0.862. The molecule has 0 aliphatic rings. The zero-order chi connectivity index (χ0) is 33.0. The van der Waals surface area contributed by atoms with Crippen LogP contribution in [0.4, 0.5) is 34.1 Å². The molecule has 0 N–H and O–H groups in total. The standard InChI is InChI=1S/C46H30N2OS/c1-4-15-31(16-5-1)47(32-17-6-2-7-18-32)34-27-28-42-39(29-34)45-37-23-11-10-21-35(37)41(30-43(45)49-42)48(33-19-8-3-9-20-33)40-25-14-24-38-36-22-12-13-26-44(36)50-46(38)40/h1-30H. The van der Waals surface area contributed by atoms with Gasteiger partial charge in [0.25, 0.3) is 0 Å². The summed E-state index contributed by atoms with van der Waals surface area (Å²) < 4.78 is 9.31. The highest BCUT2D eigenvalue weighted by atomic mass is 32.1. The van der Waals surface area contributed by atoms with Crippen molar-refractivity contribution in [1.29, 1.82) is 0 Å². The number of furan rings is 1. The normalized spacial score (nSPS) is 11.6. The summed E-state index contributed by atoms with van der Waals surface area (Å²) in [6.45, 7) is 0. The van der Waals surface area contributed by atoms with Crippen LogP contribution in [0, 0.1) is 0 Å². The summed E-state index contributed by atoms with van der Waals surface area (Å²) in [6.07, 6.45) is 0. The predicted octanol–water partition coefficient (Wildman–Crippen LogP) is 14.0. The van der Waals surface area contributed by atoms with Gasteiger partial charge in [-0.05, 0) is 72.1 Å². The monoisotopic (exact) mass is 658 g/mol. The number of fused-ring (bicyclic) bond motifs is 8. The molecule has 0 saturated carbocycles. The molecule has 236 valence electrons. The Morgan fingerprint density at radius 3 is 1.64 bits per heavy atom. The van der Waals surface area contributed by atoms with Crippen molar-refractivity contribution in [1.82, 2.24) is 0 Å². The average Bonchev–Trinajstić information content (AvgIpc) is 3.75. The smallest absolute Gasteiger partial charge is 0.138 e. The van der Waals surface area contributed by atoms with Crippen LogP contribution in [0.2, 0.25) is 0 Å². The molecule has 2 heterocycles. The van der Waals surface area contributed by atoms with Crippen molar-refractivity contribution in [3.8, 4) is 0 Å². The summed E-state index contributed by atoms with van der Waals surface area (Å²) in [5.74, 6) is 0. The minimum Gasteiger partial charge on any atom is -0.456 e. The van der Waals surface area contributed by atoms with E-state index in [0.717, 1.165) is 66.8 Å². The van der Waals surface area contributed by atoms with Gasteiger partial charge >= 0.3 is 0 Å². The zero-order valence-corrected chi connectivity index (χ0v) is 27.8. The first kappa shape index (κ1) is 28.6. The van der Waals surface area contributed by atoms with Crippen molar-refractivity contribution in [3.05, 3.63) is 182 Å². The van der Waals surface area contributed by atoms with Crippen LogP contribution in [0.1, 0.15) is 0 Å². The second kappa shape index (κ2) is 11.7. The maximum atomic E-state index is 6.76. The van der Waals surface area contributed by atoms with Gasteiger partial charge in [0.2, 0.25) is 0 Å². The summed E-state index contributed by atoms with van der Waals surface area (Å²) >= 11 is 1.85. The maximum absolute atomic E-state index is 6.76. The predicted molar refractivity (Wildman–Crippen MR) is 213 cm³/mol. The highest BCUT2D eigenvalue weighted by molar-refractivity contribution is 7.26. The lowest BCUT2D eigenvalue weighted by atomic mass is 10.00. The molecule has 2 aromatic heterocycles. The van der Waals surface area contributed by atoms with E-state index in [1.165, 1.54) is 20.2 Å². The molecule has 0 bridgehead atoms. The fourth-order valence-corrected chi connectivity index (χ4v) is 8.64. The van der Waals surface area contributed by atoms with Crippen molar-refractivity contribution in [2.24, 2.45) is 0 Å². The van der Waals surface area contributed by atoms with Crippen LogP contribution in [-0.2, 0) is 0 Å². The van der Waals surface area contributed by atoms with Crippen molar-refractivity contribution in [2.45, 2.75) is 0 Å². The number of para-hydroxylation sites is 3. The van der Waals surface area contributed by atoms with Gasteiger partial charge in [-0.1, -0.05) is 109 Å². The molecule has 0 aliphatic carbocycles. The third-order valence-corrected chi connectivity index (χ3v) is 10.8. The van der Waals surface area contributed by atoms with Gasteiger partial charge in [0.05, 0.1) is 16.1 Å². The maximum Gasteiger partial charge on any atom is 0.138 e. The highest BCUT2D eigenvalue weighted by Crippen LogP contribution is 2.49. The fourth-order valence-electron chi connectivity index (χ4n) is 7.43. The largest absolute Gasteiger partial charge is 0.456 e. The SMILES string of the molecule is c1ccc(N(c2ccccc2)c2ccc3oc4cc(N(c5ccccc5)c5cccc6c5sc5ccccc56)c5ccccc5c4c3c2)cc1. The van der Waals surface area contributed by atoms with Crippen LogP contribution < -0.4 is 9.80 Å². The molecule has 0 fully saturated rings.